The number of hydrogen-bond acceptors (Lipinski definition) is 2. The Labute approximate surface area is 134 Å². The molecule has 3 fully saturated rings. The topological polar surface area (TPSA) is 49.4 Å². The van der Waals surface area contributed by atoms with E-state index in [0.717, 1.165) is 57.5 Å². The molecule has 2 amide bonds. The summed E-state index contributed by atoms with van der Waals surface area (Å²) < 4.78 is 0. The lowest BCUT2D eigenvalue weighted by molar-refractivity contribution is -0.132. The fourth-order valence-electron chi connectivity index (χ4n) is 3.90. The summed E-state index contributed by atoms with van der Waals surface area (Å²) >= 11 is 0. The minimum atomic E-state index is 0.238. The van der Waals surface area contributed by atoms with Gasteiger partial charge in [-0.25, -0.2) is 0 Å². The Morgan fingerprint density at radius 3 is 2.23 bits per heavy atom. The molecule has 3 rings (SSSR count). The summed E-state index contributed by atoms with van der Waals surface area (Å²) in [6, 6.07) is 0.287. The van der Waals surface area contributed by atoms with Gasteiger partial charge in [0.1, 0.15) is 0 Å². The Morgan fingerprint density at radius 1 is 0.909 bits per heavy atom. The summed E-state index contributed by atoms with van der Waals surface area (Å²) in [5.41, 5.74) is 0. The zero-order valence-electron chi connectivity index (χ0n) is 13.7. The minimum Gasteiger partial charge on any atom is -0.353 e. The van der Waals surface area contributed by atoms with E-state index in [9.17, 15) is 9.59 Å². The van der Waals surface area contributed by atoms with E-state index in [1.54, 1.807) is 0 Å². The summed E-state index contributed by atoms with van der Waals surface area (Å²) in [7, 11) is 0. The monoisotopic (exact) mass is 306 g/mol. The van der Waals surface area contributed by atoms with Crippen molar-refractivity contribution in [1.82, 2.24) is 10.2 Å². The highest BCUT2D eigenvalue weighted by molar-refractivity contribution is 5.81. The Kier molecular flexibility index (Phi) is 5.37. The molecule has 4 heteroatoms. The van der Waals surface area contributed by atoms with Crippen LogP contribution in [0.4, 0.5) is 0 Å². The van der Waals surface area contributed by atoms with Crippen LogP contribution in [0.15, 0.2) is 0 Å². The third-order valence-electron chi connectivity index (χ3n) is 5.63. The lowest BCUT2D eigenvalue weighted by atomic mass is 9.86. The van der Waals surface area contributed by atoms with Crippen LogP contribution in [-0.2, 0) is 9.59 Å². The number of hydrogen-bond donors (Lipinski definition) is 1. The first-order chi connectivity index (χ1) is 10.7. The van der Waals surface area contributed by atoms with Crippen LogP contribution >= 0.6 is 0 Å². The second-order valence-corrected chi connectivity index (χ2v) is 7.48. The van der Waals surface area contributed by atoms with Crippen LogP contribution in [-0.4, -0.2) is 35.8 Å². The van der Waals surface area contributed by atoms with Gasteiger partial charge in [-0.1, -0.05) is 32.1 Å². The van der Waals surface area contributed by atoms with Crippen molar-refractivity contribution in [2.24, 2.45) is 11.8 Å². The highest BCUT2D eigenvalue weighted by atomic mass is 16.2. The molecule has 0 bridgehead atoms. The fraction of sp³-hybridized carbons (Fsp3) is 0.889. The van der Waals surface area contributed by atoms with Gasteiger partial charge in [0.2, 0.25) is 11.8 Å². The molecule has 1 heterocycles. The molecule has 0 radical (unpaired) electrons. The van der Waals surface area contributed by atoms with Gasteiger partial charge in [0.25, 0.3) is 0 Å². The molecule has 22 heavy (non-hydrogen) atoms. The Bertz CT molecular complexity index is 392. The Balaban J connectivity index is 1.33. The van der Waals surface area contributed by atoms with E-state index in [-0.39, 0.29) is 17.9 Å². The molecule has 0 atom stereocenters. The van der Waals surface area contributed by atoms with Gasteiger partial charge in [-0.2, -0.15) is 0 Å². The molecular formula is C18H30N2O2. The van der Waals surface area contributed by atoms with Crippen LogP contribution in [0.2, 0.25) is 0 Å². The molecule has 0 aromatic carbocycles. The fourth-order valence-corrected chi connectivity index (χ4v) is 3.90. The molecule has 4 nitrogen and oxygen atoms in total. The molecule has 2 saturated carbocycles. The standard InChI is InChI=1S/C18H30N2O2/c21-17(9-6-14-4-2-1-3-5-14)20-12-10-16(11-13-20)19-18(22)15-7-8-15/h14-16H,1-13H2,(H,19,22). The Morgan fingerprint density at radius 2 is 1.59 bits per heavy atom. The summed E-state index contributed by atoms with van der Waals surface area (Å²) in [6.07, 6.45) is 12.5. The number of likely N-dealkylation sites (tertiary alicyclic amines) is 1. The maximum Gasteiger partial charge on any atom is 0.223 e. The van der Waals surface area contributed by atoms with Gasteiger partial charge in [0.05, 0.1) is 0 Å². The smallest absolute Gasteiger partial charge is 0.223 e. The van der Waals surface area contributed by atoms with Crippen molar-refractivity contribution in [3.63, 3.8) is 0 Å². The lowest BCUT2D eigenvalue weighted by Gasteiger charge is -2.33. The van der Waals surface area contributed by atoms with E-state index in [1.807, 2.05) is 4.90 Å². The van der Waals surface area contributed by atoms with Crippen LogP contribution in [0.5, 0.6) is 0 Å². The van der Waals surface area contributed by atoms with E-state index in [2.05, 4.69) is 5.32 Å². The second-order valence-electron chi connectivity index (χ2n) is 7.48. The first-order valence-electron chi connectivity index (χ1n) is 9.30. The zero-order valence-corrected chi connectivity index (χ0v) is 13.7. The summed E-state index contributed by atoms with van der Waals surface area (Å²) in [5, 5.41) is 3.15. The number of carbonyl (C=O) groups excluding carboxylic acids is 2. The largest absolute Gasteiger partial charge is 0.353 e. The molecule has 1 N–H and O–H groups in total. The first kappa shape index (κ1) is 15.8. The summed E-state index contributed by atoms with van der Waals surface area (Å²) in [5.74, 6) is 1.64. The first-order valence-corrected chi connectivity index (χ1v) is 9.30. The van der Waals surface area contributed by atoms with Crippen LogP contribution in [0.25, 0.3) is 0 Å². The van der Waals surface area contributed by atoms with Crippen LogP contribution in [0.1, 0.15) is 70.6 Å². The molecule has 3 aliphatic rings. The zero-order chi connectivity index (χ0) is 15.4. The quantitative estimate of drug-likeness (QED) is 0.849. The third-order valence-corrected chi connectivity index (χ3v) is 5.63. The van der Waals surface area contributed by atoms with E-state index in [0.29, 0.717) is 5.91 Å². The summed E-state index contributed by atoms with van der Waals surface area (Å²) in [4.78, 5) is 26.1. The number of nitrogens with zero attached hydrogens (tertiary/aromatic N) is 1. The van der Waals surface area contributed by atoms with Gasteiger partial charge >= 0.3 is 0 Å². The maximum absolute atomic E-state index is 12.3. The minimum absolute atomic E-state index is 0.238. The summed E-state index contributed by atoms with van der Waals surface area (Å²) in [6.45, 7) is 1.64. The highest BCUT2D eigenvalue weighted by Crippen LogP contribution is 2.30. The highest BCUT2D eigenvalue weighted by Gasteiger charge is 2.32. The van der Waals surface area contributed by atoms with Crippen LogP contribution in [0.3, 0.4) is 0 Å². The number of nitrogens with one attached hydrogen (secondary N) is 1. The molecular weight excluding hydrogens is 276 g/mol. The van der Waals surface area contributed by atoms with E-state index in [1.165, 1.54) is 32.1 Å². The van der Waals surface area contributed by atoms with Crippen LogP contribution < -0.4 is 5.32 Å². The van der Waals surface area contributed by atoms with Gasteiger partial charge in [-0.3, -0.25) is 9.59 Å². The van der Waals surface area contributed by atoms with Crippen molar-refractivity contribution in [3.05, 3.63) is 0 Å². The van der Waals surface area contributed by atoms with E-state index >= 15 is 0 Å². The van der Waals surface area contributed by atoms with Crippen LogP contribution in [0, 0.1) is 11.8 Å². The number of piperidine rings is 1. The van der Waals surface area contributed by atoms with Crippen molar-refractivity contribution < 1.29 is 9.59 Å². The number of amides is 2. The molecule has 1 aliphatic heterocycles. The normalized spacial score (nSPS) is 24.3. The lowest BCUT2D eigenvalue weighted by Crippen LogP contribution is -2.46. The second kappa shape index (κ2) is 7.47. The van der Waals surface area contributed by atoms with Crippen molar-refractivity contribution in [3.8, 4) is 0 Å². The average Bonchev–Trinajstić information content (AvgIpc) is 3.39. The third kappa shape index (κ3) is 4.47. The maximum atomic E-state index is 12.3. The van der Waals surface area contributed by atoms with Gasteiger partial charge < -0.3 is 10.2 Å². The molecule has 124 valence electrons. The van der Waals surface area contributed by atoms with Gasteiger partial charge in [0.15, 0.2) is 0 Å². The predicted molar refractivity (Wildman–Crippen MR) is 86.3 cm³/mol. The average molecular weight is 306 g/mol. The van der Waals surface area contributed by atoms with Gasteiger partial charge in [0, 0.05) is 31.5 Å². The number of carbonyl (C=O) groups is 2. The SMILES string of the molecule is O=C(NC1CCN(C(=O)CCC2CCCCC2)CC1)C1CC1. The van der Waals surface area contributed by atoms with Crippen molar-refractivity contribution in [2.45, 2.75) is 76.7 Å². The molecule has 0 unspecified atom stereocenters. The molecule has 0 spiro atoms. The molecule has 1 saturated heterocycles. The molecule has 2 aliphatic carbocycles. The van der Waals surface area contributed by atoms with Gasteiger partial charge in [-0.15, -0.1) is 0 Å². The van der Waals surface area contributed by atoms with E-state index in [4.69, 9.17) is 0 Å². The van der Waals surface area contributed by atoms with E-state index < -0.39 is 0 Å². The van der Waals surface area contributed by atoms with Gasteiger partial charge in [-0.05, 0) is 38.0 Å². The number of rotatable bonds is 5. The van der Waals surface area contributed by atoms with Crippen molar-refractivity contribution in [2.75, 3.05) is 13.1 Å². The Hall–Kier alpha value is -1.06. The predicted octanol–water partition coefficient (Wildman–Crippen LogP) is 2.86. The van der Waals surface area contributed by atoms with Crippen molar-refractivity contribution in [1.29, 1.82) is 0 Å². The van der Waals surface area contributed by atoms with Crippen molar-refractivity contribution >= 4 is 11.8 Å². The molecule has 0 aromatic heterocycles. The molecule has 0 aromatic rings.